The highest BCUT2D eigenvalue weighted by atomic mass is 32.2. The van der Waals surface area contributed by atoms with Gasteiger partial charge in [0.05, 0.1) is 11.0 Å². The first-order valence-corrected chi connectivity index (χ1v) is 12.0. The van der Waals surface area contributed by atoms with Crippen molar-refractivity contribution < 1.29 is 13.3 Å². The van der Waals surface area contributed by atoms with E-state index >= 15 is 0 Å². The molecule has 0 radical (unpaired) electrons. The van der Waals surface area contributed by atoms with Gasteiger partial charge in [0.15, 0.2) is 0 Å². The quantitative estimate of drug-likeness (QED) is 0.560. The number of halogens is 2. The van der Waals surface area contributed by atoms with Crippen LogP contribution in [0.4, 0.5) is 8.78 Å². The van der Waals surface area contributed by atoms with Gasteiger partial charge in [-0.1, -0.05) is 6.07 Å². The number of hydrogen-bond donors (Lipinski definition) is 3. The van der Waals surface area contributed by atoms with Crippen LogP contribution in [0.15, 0.2) is 18.2 Å². The Labute approximate surface area is 179 Å². The fraction of sp³-hybridized carbons (Fsp3) is 0.682. The van der Waals surface area contributed by atoms with Gasteiger partial charge in [-0.3, -0.25) is 0 Å². The summed E-state index contributed by atoms with van der Waals surface area (Å²) in [7, 11) is 0. The van der Waals surface area contributed by atoms with Crippen molar-refractivity contribution in [2.24, 2.45) is 17.6 Å². The molecule has 2 aliphatic carbocycles. The molecule has 0 amide bonds. The summed E-state index contributed by atoms with van der Waals surface area (Å²) in [6.07, 6.45) is 2.81. The second-order valence-corrected chi connectivity index (χ2v) is 11.9. The van der Waals surface area contributed by atoms with Crippen molar-refractivity contribution in [2.45, 2.75) is 82.0 Å². The first-order chi connectivity index (χ1) is 14.0. The van der Waals surface area contributed by atoms with Crippen molar-refractivity contribution in [1.82, 2.24) is 14.7 Å². The van der Waals surface area contributed by atoms with Crippen molar-refractivity contribution in [2.75, 3.05) is 0 Å². The van der Waals surface area contributed by atoms with Gasteiger partial charge >= 0.3 is 0 Å². The number of H-pyrrole nitrogens is 1. The van der Waals surface area contributed by atoms with Gasteiger partial charge in [0.1, 0.15) is 16.6 Å². The number of aromatic amines is 1. The van der Waals surface area contributed by atoms with Gasteiger partial charge in [-0.2, -0.15) is 0 Å². The van der Waals surface area contributed by atoms with E-state index in [1.807, 2.05) is 39.0 Å². The van der Waals surface area contributed by atoms with E-state index in [0.717, 1.165) is 16.6 Å². The van der Waals surface area contributed by atoms with Gasteiger partial charge in [-0.15, -0.1) is 4.72 Å². The number of imidazole rings is 1. The maximum atomic E-state index is 13.7. The molecule has 2 saturated carbocycles. The van der Waals surface area contributed by atoms with E-state index in [1.54, 1.807) is 0 Å². The summed E-state index contributed by atoms with van der Waals surface area (Å²) >= 11 is -1.34. The molecule has 8 heteroatoms. The van der Waals surface area contributed by atoms with Crippen LogP contribution >= 0.6 is 0 Å². The molecular weight excluding hydrogens is 406 g/mol. The summed E-state index contributed by atoms with van der Waals surface area (Å²) in [6.45, 7) is 5.69. The highest BCUT2D eigenvalue weighted by Crippen LogP contribution is 2.42. The summed E-state index contributed by atoms with van der Waals surface area (Å²) in [5, 5.41) is 0. The third kappa shape index (κ3) is 4.82. The minimum absolute atomic E-state index is 0.0315. The van der Waals surface area contributed by atoms with Crippen LogP contribution in [-0.2, 0) is 11.4 Å². The lowest BCUT2D eigenvalue weighted by molar-refractivity contribution is -0.0492. The first-order valence-electron chi connectivity index (χ1n) is 10.8. The molecule has 3 atom stereocenters. The molecule has 1 unspecified atom stereocenters. The second-order valence-electron chi connectivity index (χ2n) is 9.93. The Bertz CT molecular complexity index is 883. The zero-order valence-electron chi connectivity index (χ0n) is 17.9. The van der Waals surface area contributed by atoms with Crippen LogP contribution in [0.2, 0.25) is 0 Å². The Balaban J connectivity index is 1.62. The molecule has 0 bridgehead atoms. The van der Waals surface area contributed by atoms with Crippen molar-refractivity contribution in [3.8, 4) is 0 Å². The Morgan fingerprint density at radius 3 is 2.47 bits per heavy atom. The van der Waals surface area contributed by atoms with E-state index in [1.165, 1.54) is 12.8 Å². The summed E-state index contributed by atoms with van der Waals surface area (Å²) in [6, 6.07) is 5.69. The number of nitrogens with zero attached hydrogens (tertiary/aromatic N) is 1. The van der Waals surface area contributed by atoms with Crippen LogP contribution in [0.3, 0.4) is 0 Å². The molecule has 2 aromatic rings. The lowest BCUT2D eigenvalue weighted by Gasteiger charge is -2.35. The summed E-state index contributed by atoms with van der Waals surface area (Å²) in [5.41, 5.74) is 9.13. The first kappa shape index (κ1) is 22.0. The van der Waals surface area contributed by atoms with Crippen molar-refractivity contribution in [3.63, 3.8) is 0 Å². The number of fused-ring (bicyclic) bond motifs is 1. The second kappa shape index (κ2) is 8.04. The average Bonchev–Trinajstić information content (AvgIpc) is 3.43. The zero-order chi connectivity index (χ0) is 21.7. The topological polar surface area (TPSA) is 89.8 Å². The number of nitrogens with one attached hydrogen (secondary N) is 2. The molecule has 2 aliphatic rings. The molecule has 0 saturated heterocycles. The Morgan fingerprint density at radius 1 is 1.20 bits per heavy atom. The Morgan fingerprint density at radius 2 is 1.87 bits per heavy atom. The highest BCUT2D eigenvalue weighted by Gasteiger charge is 2.41. The molecule has 1 aromatic heterocycles. The maximum absolute atomic E-state index is 13.7. The van der Waals surface area contributed by atoms with E-state index in [4.69, 9.17) is 10.7 Å². The number of nitrogens with two attached hydrogens (primary N) is 1. The molecule has 5 nitrogen and oxygen atoms in total. The van der Waals surface area contributed by atoms with Gasteiger partial charge in [-0.05, 0) is 76.0 Å². The molecule has 30 heavy (non-hydrogen) atoms. The molecular formula is C22H32F2N4OS. The molecule has 1 heterocycles. The van der Waals surface area contributed by atoms with Gasteiger partial charge in [0.2, 0.25) is 5.92 Å². The van der Waals surface area contributed by atoms with Crippen LogP contribution in [0.25, 0.3) is 11.0 Å². The fourth-order valence-electron chi connectivity index (χ4n) is 4.19. The normalized spacial score (nSPS) is 23.4. The number of alkyl halides is 2. The third-order valence-electron chi connectivity index (χ3n) is 6.36. The lowest BCUT2D eigenvalue weighted by Crippen LogP contribution is -2.44. The summed E-state index contributed by atoms with van der Waals surface area (Å²) < 4.78 is 43.1. The predicted molar refractivity (Wildman–Crippen MR) is 116 cm³/mol. The molecule has 166 valence electrons. The standard InChI is InChI=1S/C22H32F2N4OS/c1-21(2,3)30(29)28-19(14-8-10-22(23,24)11-9-14)20-26-16-7-6-15(12-17(16)27-20)18(25)13-4-5-13/h6-7,12-14,18-19,28H,4-5,8-11,25H2,1-3H3,(H,26,27)/t18-,19+,30?/m1/s1. The van der Waals surface area contributed by atoms with Gasteiger partial charge < -0.3 is 15.3 Å². The molecule has 1 aromatic carbocycles. The van der Waals surface area contributed by atoms with E-state index in [0.29, 0.717) is 24.6 Å². The zero-order valence-corrected chi connectivity index (χ0v) is 18.7. The predicted octanol–water partition coefficient (Wildman–Crippen LogP) is 4.89. The van der Waals surface area contributed by atoms with Crippen LogP contribution in [0.5, 0.6) is 0 Å². The fourth-order valence-corrected chi connectivity index (χ4v) is 5.08. The van der Waals surface area contributed by atoms with Crippen molar-refractivity contribution >= 4 is 22.4 Å². The van der Waals surface area contributed by atoms with Gasteiger partial charge in [-0.25, -0.2) is 13.8 Å². The third-order valence-corrected chi connectivity index (χ3v) is 7.94. The number of aromatic nitrogens is 2. The molecule has 4 rings (SSSR count). The smallest absolute Gasteiger partial charge is 0.248 e. The largest absolute Gasteiger partial charge is 0.598 e. The monoisotopic (exact) mass is 438 g/mol. The number of rotatable bonds is 6. The maximum Gasteiger partial charge on any atom is 0.248 e. The SMILES string of the molecule is CC(C)(C)[S+]([O-])N[C@H](c1nc2ccc([C@H](N)C3CC3)cc2[nH]1)C1CCC(F)(F)CC1. The highest BCUT2D eigenvalue weighted by molar-refractivity contribution is 7.90. The van der Waals surface area contributed by atoms with Crippen LogP contribution < -0.4 is 10.5 Å². The van der Waals surface area contributed by atoms with Crippen LogP contribution in [0, 0.1) is 11.8 Å². The average molecular weight is 439 g/mol. The van der Waals surface area contributed by atoms with Crippen LogP contribution in [0.1, 0.15) is 82.8 Å². The minimum atomic E-state index is -2.61. The van der Waals surface area contributed by atoms with Gasteiger partial charge in [0.25, 0.3) is 0 Å². The van der Waals surface area contributed by atoms with Crippen molar-refractivity contribution in [1.29, 1.82) is 0 Å². The van der Waals surface area contributed by atoms with Crippen molar-refractivity contribution in [3.05, 3.63) is 29.6 Å². The van der Waals surface area contributed by atoms with E-state index in [-0.39, 0.29) is 30.8 Å². The summed E-state index contributed by atoms with van der Waals surface area (Å²) in [4.78, 5) is 8.11. The Kier molecular flexibility index (Phi) is 5.89. The molecule has 0 spiro atoms. The Hall–Kier alpha value is -1.22. The molecule has 4 N–H and O–H groups in total. The summed E-state index contributed by atoms with van der Waals surface area (Å²) in [5.74, 6) is -1.44. The molecule has 0 aliphatic heterocycles. The lowest BCUT2D eigenvalue weighted by atomic mass is 9.82. The number of benzene rings is 1. The number of hydrogen-bond acceptors (Lipinski definition) is 4. The van der Waals surface area contributed by atoms with Crippen LogP contribution in [-0.4, -0.2) is 25.2 Å². The minimum Gasteiger partial charge on any atom is -0.598 e. The van der Waals surface area contributed by atoms with Gasteiger partial charge in [0, 0.05) is 30.2 Å². The van der Waals surface area contributed by atoms with E-state index < -0.39 is 22.0 Å². The van der Waals surface area contributed by atoms with E-state index in [2.05, 4.69) is 9.71 Å². The molecule has 2 fully saturated rings. The van der Waals surface area contributed by atoms with E-state index in [9.17, 15) is 13.3 Å².